The van der Waals surface area contributed by atoms with Gasteiger partial charge in [0, 0.05) is 17.1 Å². The highest BCUT2D eigenvalue weighted by Gasteiger charge is 2.32. The summed E-state index contributed by atoms with van der Waals surface area (Å²) in [7, 11) is 0. The first-order valence-corrected chi connectivity index (χ1v) is 8.85. The van der Waals surface area contributed by atoms with Crippen LogP contribution in [0.15, 0.2) is 67.1 Å². The topological polar surface area (TPSA) is 54.4 Å². The summed E-state index contributed by atoms with van der Waals surface area (Å²) in [6.07, 6.45) is 1.90. The normalized spacial score (nSPS) is 19.2. The molecule has 2 heterocycles. The van der Waals surface area contributed by atoms with E-state index in [0.717, 1.165) is 40.7 Å². The zero-order valence-corrected chi connectivity index (χ0v) is 14.8. The number of rotatable bonds is 4. The Labute approximate surface area is 153 Å². The molecule has 4 heteroatoms. The minimum Gasteiger partial charge on any atom is -0.459 e. The molecule has 0 spiro atoms. The summed E-state index contributed by atoms with van der Waals surface area (Å²) in [5, 5.41) is 15.1. The Bertz CT molecular complexity index is 953. The van der Waals surface area contributed by atoms with E-state index in [9.17, 15) is 5.11 Å². The predicted molar refractivity (Wildman–Crippen MR) is 103 cm³/mol. The van der Waals surface area contributed by atoms with Crippen molar-refractivity contribution in [2.24, 2.45) is 0 Å². The molecule has 4 rings (SSSR count). The van der Waals surface area contributed by atoms with Gasteiger partial charge in [0.05, 0.1) is 11.6 Å². The third-order valence-electron chi connectivity index (χ3n) is 4.93. The van der Waals surface area contributed by atoms with Gasteiger partial charge in [-0.2, -0.15) is 0 Å². The fraction of sp³-hybridized carbons (Fsp3) is 0.227. The molecule has 2 atom stereocenters. The molecule has 4 nitrogen and oxygen atoms in total. The van der Waals surface area contributed by atoms with E-state index < -0.39 is 6.10 Å². The molecule has 3 aromatic rings. The van der Waals surface area contributed by atoms with Crippen molar-refractivity contribution in [1.29, 1.82) is 0 Å². The molecule has 1 aliphatic rings. The van der Waals surface area contributed by atoms with E-state index in [4.69, 9.17) is 4.74 Å². The zero-order chi connectivity index (χ0) is 18.1. The van der Waals surface area contributed by atoms with Gasteiger partial charge in [0.1, 0.15) is 17.6 Å². The minimum atomic E-state index is -0.791. The molecular formula is C22H22N2O2. The van der Waals surface area contributed by atoms with Gasteiger partial charge in [0.2, 0.25) is 0 Å². The summed E-state index contributed by atoms with van der Waals surface area (Å²) in [5.41, 5.74) is 4.23. The van der Waals surface area contributed by atoms with Crippen molar-refractivity contribution in [2.75, 3.05) is 6.54 Å². The highest BCUT2D eigenvalue weighted by atomic mass is 16.5. The monoisotopic (exact) mass is 346 g/mol. The van der Waals surface area contributed by atoms with Gasteiger partial charge in [0.25, 0.3) is 0 Å². The molecule has 1 aromatic heterocycles. The van der Waals surface area contributed by atoms with Crippen LogP contribution in [-0.2, 0) is 6.42 Å². The number of nitrogens with zero attached hydrogens (tertiary/aromatic N) is 1. The minimum absolute atomic E-state index is 0.262. The van der Waals surface area contributed by atoms with Crippen molar-refractivity contribution >= 4 is 10.9 Å². The van der Waals surface area contributed by atoms with Gasteiger partial charge in [0.15, 0.2) is 0 Å². The zero-order valence-electron chi connectivity index (χ0n) is 14.8. The number of aliphatic hydroxyl groups excluding tert-OH is 1. The van der Waals surface area contributed by atoms with Crippen molar-refractivity contribution in [1.82, 2.24) is 10.3 Å². The van der Waals surface area contributed by atoms with E-state index in [1.54, 1.807) is 6.20 Å². The molecule has 26 heavy (non-hydrogen) atoms. The van der Waals surface area contributed by atoms with Crippen molar-refractivity contribution in [3.8, 4) is 5.75 Å². The standard InChI is InChI=1S/C22H22N2O2/c1-14-8-10-23-19-12-18-20(13-17(14)19)26-15(2)22(25)21(18)24-11-9-16-6-4-3-5-7-16/h3-8,10,12-13,21-22,24-25H,2,9,11H2,1H3. The van der Waals surface area contributed by atoms with Crippen LogP contribution in [0.2, 0.25) is 0 Å². The lowest BCUT2D eigenvalue weighted by molar-refractivity contribution is 0.105. The highest BCUT2D eigenvalue weighted by molar-refractivity contribution is 5.84. The molecule has 0 fully saturated rings. The molecule has 2 aromatic carbocycles. The molecule has 2 N–H and O–H groups in total. The fourth-order valence-electron chi connectivity index (χ4n) is 3.45. The number of nitrogens with one attached hydrogen (secondary N) is 1. The predicted octanol–water partition coefficient (Wildman–Crippen LogP) is 3.68. The SMILES string of the molecule is C=C1Oc2cc3c(C)ccnc3cc2C(NCCc2ccccc2)C1O. The van der Waals surface area contributed by atoms with Gasteiger partial charge < -0.3 is 15.2 Å². The maximum absolute atomic E-state index is 10.6. The summed E-state index contributed by atoms with van der Waals surface area (Å²) < 4.78 is 5.79. The highest BCUT2D eigenvalue weighted by Crippen LogP contribution is 2.39. The largest absolute Gasteiger partial charge is 0.459 e. The number of aliphatic hydroxyl groups is 1. The van der Waals surface area contributed by atoms with Crippen molar-refractivity contribution in [3.05, 3.63) is 83.8 Å². The van der Waals surface area contributed by atoms with Crippen LogP contribution < -0.4 is 10.1 Å². The second kappa shape index (κ2) is 6.90. The van der Waals surface area contributed by atoms with Gasteiger partial charge >= 0.3 is 0 Å². The van der Waals surface area contributed by atoms with Crippen molar-refractivity contribution in [3.63, 3.8) is 0 Å². The molecule has 2 unspecified atom stereocenters. The van der Waals surface area contributed by atoms with Gasteiger partial charge in [-0.15, -0.1) is 0 Å². The summed E-state index contributed by atoms with van der Waals surface area (Å²) in [6, 6.07) is 16.0. The van der Waals surface area contributed by atoms with Crippen LogP contribution in [0.5, 0.6) is 5.75 Å². The number of hydrogen-bond donors (Lipinski definition) is 2. The van der Waals surface area contributed by atoms with Crippen LogP contribution in [0.4, 0.5) is 0 Å². The Morgan fingerprint density at radius 3 is 2.81 bits per heavy atom. The Morgan fingerprint density at radius 2 is 2.00 bits per heavy atom. The quantitative estimate of drug-likeness (QED) is 0.757. The van der Waals surface area contributed by atoms with E-state index in [1.165, 1.54) is 5.56 Å². The molecule has 0 amide bonds. The van der Waals surface area contributed by atoms with Crippen LogP contribution in [0.25, 0.3) is 10.9 Å². The van der Waals surface area contributed by atoms with Gasteiger partial charge in [-0.3, -0.25) is 4.98 Å². The first-order valence-electron chi connectivity index (χ1n) is 8.85. The van der Waals surface area contributed by atoms with Gasteiger partial charge in [-0.1, -0.05) is 36.9 Å². The van der Waals surface area contributed by atoms with Crippen LogP contribution >= 0.6 is 0 Å². The Balaban J connectivity index is 1.63. The summed E-state index contributed by atoms with van der Waals surface area (Å²) in [6.45, 7) is 6.69. The first kappa shape index (κ1) is 16.8. The maximum atomic E-state index is 10.6. The number of hydrogen-bond acceptors (Lipinski definition) is 4. The molecule has 0 radical (unpaired) electrons. The van der Waals surface area contributed by atoms with Crippen LogP contribution in [0, 0.1) is 6.92 Å². The number of aromatic nitrogens is 1. The number of ether oxygens (including phenoxy) is 1. The van der Waals surface area contributed by atoms with Crippen LogP contribution in [0.3, 0.4) is 0 Å². The van der Waals surface area contributed by atoms with Gasteiger partial charge in [-0.25, -0.2) is 0 Å². The molecule has 132 valence electrons. The Hall–Kier alpha value is -2.69. The number of aryl methyl sites for hydroxylation is 1. The molecule has 0 saturated carbocycles. The summed E-state index contributed by atoms with van der Waals surface area (Å²) in [4.78, 5) is 4.47. The lowest BCUT2D eigenvalue weighted by atomic mass is 9.94. The molecular weight excluding hydrogens is 324 g/mol. The van der Waals surface area contributed by atoms with E-state index >= 15 is 0 Å². The fourth-order valence-corrected chi connectivity index (χ4v) is 3.45. The maximum Gasteiger partial charge on any atom is 0.132 e. The second-order valence-electron chi connectivity index (χ2n) is 6.72. The smallest absolute Gasteiger partial charge is 0.132 e. The molecule has 0 saturated heterocycles. The third-order valence-corrected chi connectivity index (χ3v) is 4.93. The average Bonchev–Trinajstić information content (AvgIpc) is 2.65. The average molecular weight is 346 g/mol. The van der Waals surface area contributed by atoms with Gasteiger partial charge in [-0.05, 0) is 49.2 Å². The van der Waals surface area contributed by atoms with E-state index in [0.29, 0.717) is 5.76 Å². The lowest BCUT2D eigenvalue weighted by Gasteiger charge is -2.32. The second-order valence-corrected chi connectivity index (χ2v) is 6.72. The summed E-state index contributed by atoms with van der Waals surface area (Å²) in [5.74, 6) is 1.11. The van der Waals surface area contributed by atoms with E-state index in [-0.39, 0.29) is 6.04 Å². The van der Waals surface area contributed by atoms with E-state index in [2.05, 4.69) is 35.9 Å². The van der Waals surface area contributed by atoms with Crippen molar-refractivity contribution < 1.29 is 9.84 Å². The molecule has 1 aliphatic heterocycles. The molecule has 0 bridgehead atoms. The number of fused-ring (bicyclic) bond motifs is 2. The van der Waals surface area contributed by atoms with Crippen LogP contribution in [0.1, 0.15) is 22.7 Å². The van der Waals surface area contributed by atoms with Crippen LogP contribution in [-0.4, -0.2) is 22.7 Å². The number of benzene rings is 2. The Kier molecular flexibility index (Phi) is 4.45. The first-order chi connectivity index (χ1) is 12.6. The third kappa shape index (κ3) is 3.09. The Morgan fingerprint density at radius 1 is 1.19 bits per heavy atom. The van der Waals surface area contributed by atoms with Crippen molar-refractivity contribution in [2.45, 2.75) is 25.5 Å². The summed E-state index contributed by atoms with van der Waals surface area (Å²) >= 11 is 0. The van der Waals surface area contributed by atoms with E-state index in [1.807, 2.05) is 36.4 Å². The lowest BCUT2D eigenvalue weighted by Crippen LogP contribution is -2.38. The molecule has 0 aliphatic carbocycles. The number of pyridine rings is 1.